The van der Waals surface area contributed by atoms with Crippen LogP contribution in [0.25, 0.3) is 0 Å². The Morgan fingerprint density at radius 2 is 2.05 bits per heavy atom. The van der Waals surface area contributed by atoms with Crippen molar-refractivity contribution in [2.24, 2.45) is 0 Å². The number of hydrogen-bond acceptors (Lipinski definition) is 3. The van der Waals surface area contributed by atoms with Gasteiger partial charge in [-0.2, -0.15) is 0 Å². The molecule has 0 saturated carbocycles. The van der Waals surface area contributed by atoms with Crippen LogP contribution in [0.1, 0.15) is 22.3 Å². The summed E-state index contributed by atoms with van der Waals surface area (Å²) < 4.78 is 5.97. The molecule has 2 amide bonds. The van der Waals surface area contributed by atoms with Crippen molar-refractivity contribution in [3.8, 4) is 0 Å². The summed E-state index contributed by atoms with van der Waals surface area (Å²) in [5.41, 5.74) is 1.67. The van der Waals surface area contributed by atoms with E-state index in [0.29, 0.717) is 44.8 Å². The van der Waals surface area contributed by atoms with Crippen molar-refractivity contribution in [3.05, 3.63) is 33.8 Å². The molecule has 5 nitrogen and oxygen atoms in total. The average Bonchev–Trinajstić information content (AvgIpc) is 2.47. The molecular weight excluding hydrogens is 336 g/mol. The number of benzene rings is 1. The number of morpholine rings is 1. The third-order valence-corrected chi connectivity index (χ3v) is 4.01. The Bertz CT molecular complexity index is 528. The fraction of sp³-hybridized carbons (Fsp3) is 0.467. The second kappa shape index (κ2) is 7.56. The molecule has 1 N–H and O–H groups in total. The number of nitrogens with zero attached hydrogens (tertiary/aromatic N) is 1. The van der Waals surface area contributed by atoms with Crippen molar-refractivity contribution in [2.45, 2.75) is 13.3 Å². The molecule has 1 aliphatic rings. The van der Waals surface area contributed by atoms with Crippen LogP contribution in [0.2, 0.25) is 0 Å². The monoisotopic (exact) mass is 354 g/mol. The molecule has 0 unspecified atom stereocenters. The largest absolute Gasteiger partial charge is 0.378 e. The fourth-order valence-corrected chi connectivity index (χ4v) is 2.83. The zero-order chi connectivity index (χ0) is 15.2. The van der Waals surface area contributed by atoms with E-state index in [9.17, 15) is 9.59 Å². The molecule has 1 saturated heterocycles. The molecule has 0 bridgehead atoms. The molecule has 21 heavy (non-hydrogen) atoms. The molecule has 0 aromatic heterocycles. The minimum absolute atomic E-state index is 0.0570. The van der Waals surface area contributed by atoms with Crippen molar-refractivity contribution in [1.29, 1.82) is 0 Å². The standard InChI is InChI=1S/C15H19BrN2O3/c1-11-2-3-12(13(16)10-11)15(20)17-5-4-14(19)18-6-8-21-9-7-18/h2-3,10H,4-9H2,1H3,(H,17,20). The Hall–Kier alpha value is -1.40. The van der Waals surface area contributed by atoms with Crippen molar-refractivity contribution < 1.29 is 14.3 Å². The SMILES string of the molecule is Cc1ccc(C(=O)NCCC(=O)N2CCOCC2)c(Br)c1. The highest BCUT2D eigenvalue weighted by Gasteiger charge is 2.17. The van der Waals surface area contributed by atoms with Gasteiger partial charge in [0, 0.05) is 30.5 Å². The highest BCUT2D eigenvalue weighted by Crippen LogP contribution is 2.18. The predicted octanol–water partition coefficient (Wildman–Crippen LogP) is 1.74. The van der Waals surface area contributed by atoms with Crippen LogP contribution in [0.4, 0.5) is 0 Å². The van der Waals surface area contributed by atoms with Crippen molar-refractivity contribution >= 4 is 27.7 Å². The molecular formula is C15H19BrN2O3. The number of nitrogens with one attached hydrogen (secondary N) is 1. The van der Waals surface area contributed by atoms with Crippen LogP contribution in [0.5, 0.6) is 0 Å². The normalized spacial score (nSPS) is 14.9. The number of aryl methyl sites for hydroxylation is 1. The van der Waals surface area contributed by atoms with Crippen molar-refractivity contribution in [2.75, 3.05) is 32.8 Å². The first kappa shape index (κ1) is 16.0. The molecule has 1 aromatic carbocycles. The van der Waals surface area contributed by atoms with E-state index >= 15 is 0 Å². The minimum atomic E-state index is -0.170. The Morgan fingerprint density at radius 3 is 2.71 bits per heavy atom. The lowest BCUT2D eigenvalue weighted by atomic mass is 10.1. The zero-order valence-electron chi connectivity index (χ0n) is 12.0. The first-order valence-electron chi connectivity index (χ1n) is 6.98. The summed E-state index contributed by atoms with van der Waals surface area (Å²) in [5.74, 6) is -0.113. The number of carbonyl (C=O) groups is 2. The van der Waals surface area contributed by atoms with E-state index < -0.39 is 0 Å². The third-order valence-electron chi connectivity index (χ3n) is 3.36. The van der Waals surface area contributed by atoms with Gasteiger partial charge in [0.25, 0.3) is 5.91 Å². The number of ether oxygens (including phenoxy) is 1. The maximum atomic E-state index is 12.0. The Labute approximate surface area is 132 Å². The first-order valence-corrected chi connectivity index (χ1v) is 7.77. The molecule has 0 radical (unpaired) electrons. The summed E-state index contributed by atoms with van der Waals surface area (Å²) in [7, 11) is 0. The van der Waals surface area contributed by atoms with Crippen molar-refractivity contribution in [1.82, 2.24) is 10.2 Å². The van der Waals surface area contributed by atoms with Gasteiger partial charge in [0.2, 0.25) is 5.91 Å². The fourth-order valence-electron chi connectivity index (χ4n) is 2.15. The van der Waals surface area contributed by atoms with Gasteiger partial charge in [0.15, 0.2) is 0 Å². The lowest BCUT2D eigenvalue weighted by molar-refractivity contribution is -0.135. The third kappa shape index (κ3) is 4.54. The summed E-state index contributed by atoms with van der Waals surface area (Å²) in [4.78, 5) is 25.8. The van der Waals surface area contributed by atoms with Gasteiger partial charge in [-0.3, -0.25) is 9.59 Å². The molecule has 6 heteroatoms. The van der Waals surface area contributed by atoms with Crippen LogP contribution in [-0.2, 0) is 9.53 Å². The average molecular weight is 355 g/mol. The van der Waals surface area contributed by atoms with Crippen LogP contribution in [0.3, 0.4) is 0 Å². The molecule has 0 aliphatic carbocycles. The lowest BCUT2D eigenvalue weighted by Gasteiger charge is -2.26. The second-order valence-electron chi connectivity index (χ2n) is 4.98. The Kier molecular flexibility index (Phi) is 5.76. The van der Waals surface area contributed by atoms with Gasteiger partial charge < -0.3 is 15.0 Å². The maximum Gasteiger partial charge on any atom is 0.252 e. The minimum Gasteiger partial charge on any atom is -0.378 e. The van der Waals surface area contributed by atoms with E-state index in [1.54, 1.807) is 11.0 Å². The van der Waals surface area contributed by atoms with Gasteiger partial charge in [-0.1, -0.05) is 6.07 Å². The van der Waals surface area contributed by atoms with Gasteiger partial charge in [0.1, 0.15) is 0 Å². The van der Waals surface area contributed by atoms with Gasteiger partial charge >= 0.3 is 0 Å². The quantitative estimate of drug-likeness (QED) is 0.895. The van der Waals surface area contributed by atoms with E-state index in [-0.39, 0.29) is 11.8 Å². The molecule has 1 aromatic rings. The molecule has 1 aliphatic heterocycles. The number of carbonyl (C=O) groups excluding carboxylic acids is 2. The smallest absolute Gasteiger partial charge is 0.252 e. The van der Waals surface area contributed by atoms with E-state index in [4.69, 9.17) is 4.74 Å². The van der Waals surface area contributed by atoms with E-state index in [1.165, 1.54) is 0 Å². The van der Waals surface area contributed by atoms with E-state index in [0.717, 1.165) is 10.0 Å². The number of hydrogen-bond donors (Lipinski definition) is 1. The van der Waals surface area contributed by atoms with E-state index in [2.05, 4.69) is 21.2 Å². The molecule has 2 rings (SSSR count). The highest BCUT2D eigenvalue weighted by molar-refractivity contribution is 9.10. The summed E-state index contributed by atoms with van der Waals surface area (Å²) in [6.45, 7) is 4.76. The van der Waals surface area contributed by atoms with Crippen molar-refractivity contribution in [3.63, 3.8) is 0 Å². The zero-order valence-corrected chi connectivity index (χ0v) is 13.6. The van der Waals surface area contributed by atoms with Gasteiger partial charge in [-0.05, 0) is 40.5 Å². The molecule has 0 spiro atoms. The number of amides is 2. The number of rotatable bonds is 4. The second-order valence-corrected chi connectivity index (χ2v) is 5.84. The number of halogens is 1. The molecule has 1 heterocycles. The van der Waals surface area contributed by atoms with Crippen LogP contribution < -0.4 is 5.32 Å². The van der Waals surface area contributed by atoms with Crippen LogP contribution in [0.15, 0.2) is 22.7 Å². The predicted molar refractivity (Wildman–Crippen MR) is 83.2 cm³/mol. The first-order chi connectivity index (χ1) is 10.1. The maximum absolute atomic E-state index is 12.0. The molecule has 0 atom stereocenters. The van der Waals surface area contributed by atoms with Gasteiger partial charge in [0.05, 0.1) is 18.8 Å². The Balaban J connectivity index is 1.79. The molecule has 1 fully saturated rings. The van der Waals surface area contributed by atoms with Crippen LogP contribution >= 0.6 is 15.9 Å². The highest BCUT2D eigenvalue weighted by atomic mass is 79.9. The van der Waals surface area contributed by atoms with Crippen LogP contribution in [-0.4, -0.2) is 49.6 Å². The van der Waals surface area contributed by atoms with E-state index in [1.807, 2.05) is 19.1 Å². The topological polar surface area (TPSA) is 58.6 Å². The summed E-state index contributed by atoms with van der Waals surface area (Å²) in [6, 6.07) is 5.56. The lowest BCUT2D eigenvalue weighted by Crippen LogP contribution is -2.42. The summed E-state index contributed by atoms with van der Waals surface area (Å²) in [6.07, 6.45) is 0.315. The summed E-state index contributed by atoms with van der Waals surface area (Å²) >= 11 is 3.38. The summed E-state index contributed by atoms with van der Waals surface area (Å²) in [5, 5.41) is 2.78. The van der Waals surface area contributed by atoms with Crippen LogP contribution in [0, 0.1) is 6.92 Å². The van der Waals surface area contributed by atoms with Gasteiger partial charge in [-0.25, -0.2) is 0 Å². The Morgan fingerprint density at radius 1 is 1.33 bits per heavy atom. The molecule has 114 valence electrons. The van der Waals surface area contributed by atoms with Gasteiger partial charge in [-0.15, -0.1) is 0 Å².